The van der Waals surface area contributed by atoms with Crippen LogP contribution < -0.4 is 5.32 Å². The molecule has 6 heteroatoms. The number of aromatic nitrogens is 3. The number of anilines is 1. The highest BCUT2D eigenvalue weighted by molar-refractivity contribution is 9.10. The van der Waals surface area contributed by atoms with Gasteiger partial charge in [-0.15, -0.1) is 0 Å². The molecule has 0 aromatic carbocycles. The predicted molar refractivity (Wildman–Crippen MR) is 79.8 cm³/mol. The molecule has 0 fully saturated rings. The van der Waals surface area contributed by atoms with Crippen molar-refractivity contribution in [3.05, 3.63) is 40.0 Å². The summed E-state index contributed by atoms with van der Waals surface area (Å²) in [5, 5.41) is 2.79. The Labute approximate surface area is 125 Å². The molecule has 5 nitrogen and oxygen atoms in total. The van der Waals surface area contributed by atoms with E-state index in [2.05, 4.69) is 35.8 Å². The van der Waals surface area contributed by atoms with Crippen LogP contribution in [0.15, 0.2) is 22.9 Å². The maximum Gasteiger partial charge on any atom is 0.277 e. The van der Waals surface area contributed by atoms with E-state index in [1.54, 1.807) is 6.20 Å². The second kappa shape index (κ2) is 5.36. The predicted octanol–water partition coefficient (Wildman–Crippen LogP) is 2.94. The number of rotatable bonds is 2. The lowest BCUT2D eigenvalue weighted by atomic mass is 10.2. The van der Waals surface area contributed by atoms with Gasteiger partial charge >= 0.3 is 0 Å². The summed E-state index contributed by atoms with van der Waals surface area (Å²) in [5.41, 5.74) is 1.49. The lowest BCUT2D eigenvalue weighted by molar-refractivity contribution is 0.102. The van der Waals surface area contributed by atoms with E-state index < -0.39 is 0 Å². The third-order valence-corrected chi connectivity index (χ3v) is 4.26. The van der Waals surface area contributed by atoms with Crippen molar-refractivity contribution in [2.45, 2.75) is 32.7 Å². The van der Waals surface area contributed by atoms with Crippen LogP contribution in [-0.2, 0) is 13.0 Å². The number of nitrogens with one attached hydrogen (secondary N) is 1. The number of fused-ring (bicyclic) bond motifs is 1. The fraction of sp³-hybridized carbons (Fsp3) is 0.357. The van der Waals surface area contributed by atoms with E-state index in [0.29, 0.717) is 11.5 Å². The summed E-state index contributed by atoms with van der Waals surface area (Å²) in [7, 11) is 0. The maximum absolute atomic E-state index is 12.2. The van der Waals surface area contributed by atoms with Crippen molar-refractivity contribution in [1.29, 1.82) is 0 Å². The van der Waals surface area contributed by atoms with E-state index in [-0.39, 0.29) is 5.91 Å². The molecule has 0 unspecified atom stereocenters. The van der Waals surface area contributed by atoms with Crippen molar-refractivity contribution < 1.29 is 4.79 Å². The lowest BCUT2D eigenvalue weighted by Gasteiger charge is -2.11. The molecule has 2 aromatic heterocycles. The van der Waals surface area contributed by atoms with Gasteiger partial charge in [-0.1, -0.05) is 0 Å². The van der Waals surface area contributed by atoms with Gasteiger partial charge in [-0.2, -0.15) is 0 Å². The second-order valence-electron chi connectivity index (χ2n) is 4.97. The SMILES string of the molecule is Cc1cc(NC(=O)c2cn3c(n2)CCCC3)ncc1Br. The molecule has 1 aliphatic rings. The van der Waals surface area contributed by atoms with Gasteiger partial charge in [0.2, 0.25) is 0 Å². The Bertz CT molecular complexity index is 642. The summed E-state index contributed by atoms with van der Waals surface area (Å²) >= 11 is 3.39. The van der Waals surface area contributed by atoms with Crippen molar-refractivity contribution in [2.24, 2.45) is 0 Å². The standard InChI is InChI=1S/C14H15BrN4O/c1-9-6-12(16-7-10(9)15)18-14(20)11-8-19-5-3-2-4-13(19)17-11/h6-8H,2-5H2,1H3,(H,16,18,20). The van der Waals surface area contributed by atoms with Crippen LogP contribution in [0.3, 0.4) is 0 Å². The smallest absolute Gasteiger partial charge is 0.277 e. The van der Waals surface area contributed by atoms with Gasteiger partial charge in [-0.05, 0) is 47.3 Å². The first-order valence-corrected chi connectivity index (χ1v) is 7.42. The molecule has 3 heterocycles. The number of hydrogen-bond donors (Lipinski definition) is 1. The first-order valence-electron chi connectivity index (χ1n) is 6.63. The number of amides is 1. The van der Waals surface area contributed by atoms with Crippen LogP contribution in [0.25, 0.3) is 0 Å². The van der Waals surface area contributed by atoms with Gasteiger partial charge in [0.15, 0.2) is 0 Å². The molecule has 1 N–H and O–H groups in total. The molecule has 1 aliphatic heterocycles. The Kier molecular flexibility index (Phi) is 3.56. The molecule has 0 radical (unpaired) electrons. The average molecular weight is 335 g/mol. The Morgan fingerprint density at radius 2 is 2.30 bits per heavy atom. The van der Waals surface area contributed by atoms with Crippen LogP contribution in [-0.4, -0.2) is 20.4 Å². The van der Waals surface area contributed by atoms with Crippen molar-refractivity contribution in [3.8, 4) is 0 Å². The highest BCUT2D eigenvalue weighted by Gasteiger charge is 2.17. The minimum absolute atomic E-state index is 0.207. The van der Waals surface area contributed by atoms with Crippen molar-refractivity contribution in [1.82, 2.24) is 14.5 Å². The molecular formula is C14H15BrN4O. The number of carbonyl (C=O) groups is 1. The third kappa shape index (κ3) is 2.60. The molecule has 104 valence electrons. The minimum atomic E-state index is -0.207. The summed E-state index contributed by atoms with van der Waals surface area (Å²) in [5.74, 6) is 1.34. The van der Waals surface area contributed by atoms with Crippen LogP contribution >= 0.6 is 15.9 Å². The fourth-order valence-corrected chi connectivity index (χ4v) is 2.53. The summed E-state index contributed by atoms with van der Waals surface area (Å²) in [6.45, 7) is 2.90. The van der Waals surface area contributed by atoms with E-state index in [1.165, 1.54) is 0 Å². The molecule has 1 amide bonds. The van der Waals surface area contributed by atoms with Crippen molar-refractivity contribution in [3.63, 3.8) is 0 Å². The molecule has 0 bridgehead atoms. The molecule has 0 atom stereocenters. The normalized spacial score (nSPS) is 13.9. The average Bonchev–Trinajstić information content (AvgIpc) is 2.87. The van der Waals surface area contributed by atoms with Crippen LogP contribution in [0.2, 0.25) is 0 Å². The van der Waals surface area contributed by atoms with Crippen molar-refractivity contribution >= 4 is 27.7 Å². The first kappa shape index (κ1) is 13.3. The van der Waals surface area contributed by atoms with Crippen LogP contribution in [0.1, 0.15) is 34.7 Å². The Morgan fingerprint density at radius 3 is 3.05 bits per heavy atom. The van der Waals surface area contributed by atoms with E-state index in [0.717, 1.165) is 41.7 Å². The number of aryl methyl sites for hydroxylation is 3. The van der Waals surface area contributed by atoms with Crippen LogP contribution in [0.4, 0.5) is 5.82 Å². The number of hydrogen-bond acceptors (Lipinski definition) is 3. The minimum Gasteiger partial charge on any atom is -0.334 e. The van der Waals surface area contributed by atoms with E-state index in [4.69, 9.17) is 0 Å². The molecule has 0 saturated carbocycles. The number of pyridine rings is 1. The van der Waals surface area contributed by atoms with Gasteiger partial charge < -0.3 is 9.88 Å². The summed E-state index contributed by atoms with van der Waals surface area (Å²) in [6.07, 6.45) is 6.75. The molecule has 3 rings (SSSR count). The largest absolute Gasteiger partial charge is 0.334 e. The van der Waals surface area contributed by atoms with Gasteiger partial charge in [0.05, 0.1) is 0 Å². The van der Waals surface area contributed by atoms with Gasteiger partial charge in [0, 0.05) is 29.8 Å². The van der Waals surface area contributed by atoms with Crippen molar-refractivity contribution in [2.75, 3.05) is 5.32 Å². The summed E-state index contributed by atoms with van der Waals surface area (Å²) in [4.78, 5) is 20.8. The third-order valence-electron chi connectivity index (χ3n) is 3.43. The zero-order valence-corrected chi connectivity index (χ0v) is 12.8. The molecule has 0 saturated heterocycles. The quantitative estimate of drug-likeness (QED) is 0.918. The van der Waals surface area contributed by atoms with Gasteiger partial charge in [-0.25, -0.2) is 9.97 Å². The highest BCUT2D eigenvalue weighted by Crippen LogP contribution is 2.18. The Hall–Kier alpha value is -1.69. The summed E-state index contributed by atoms with van der Waals surface area (Å²) in [6, 6.07) is 1.83. The fourth-order valence-electron chi connectivity index (χ4n) is 2.31. The molecule has 20 heavy (non-hydrogen) atoms. The van der Waals surface area contributed by atoms with E-state index in [9.17, 15) is 4.79 Å². The lowest BCUT2D eigenvalue weighted by Crippen LogP contribution is -2.13. The molecule has 0 aliphatic carbocycles. The summed E-state index contributed by atoms with van der Waals surface area (Å²) < 4.78 is 2.99. The Balaban J connectivity index is 1.78. The van der Waals surface area contributed by atoms with Crippen LogP contribution in [0, 0.1) is 6.92 Å². The topological polar surface area (TPSA) is 59.8 Å². The van der Waals surface area contributed by atoms with E-state index >= 15 is 0 Å². The Morgan fingerprint density at radius 1 is 1.45 bits per heavy atom. The van der Waals surface area contributed by atoms with Crippen LogP contribution in [0.5, 0.6) is 0 Å². The molecule has 2 aromatic rings. The monoisotopic (exact) mass is 334 g/mol. The maximum atomic E-state index is 12.2. The molecule has 0 spiro atoms. The first-order chi connectivity index (χ1) is 9.63. The van der Waals surface area contributed by atoms with E-state index in [1.807, 2.05) is 19.2 Å². The zero-order chi connectivity index (χ0) is 14.1. The van der Waals surface area contributed by atoms with Gasteiger partial charge in [0.25, 0.3) is 5.91 Å². The van der Waals surface area contributed by atoms with Gasteiger partial charge in [-0.3, -0.25) is 4.79 Å². The zero-order valence-electron chi connectivity index (χ0n) is 11.2. The number of halogens is 1. The van der Waals surface area contributed by atoms with Gasteiger partial charge in [0.1, 0.15) is 17.3 Å². The molecular weight excluding hydrogens is 320 g/mol. The number of carbonyl (C=O) groups excluding carboxylic acids is 1. The number of imidazole rings is 1. The highest BCUT2D eigenvalue weighted by atomic mass is 79.9. The number of nitrogens with zero attached hydrogens (tertiary/aromatic N) is 3. The second-order valence-corrected chi connectivity index (χ2v) is 5.82.